The van der Waals surface area contributed by atoms with Crippen LogP contribution < -0.4 is 5.32 Å². The van der Waals surface area contributed by atoms with Crippen LogP contribution in [0.3, 0.4) is 0 Å². The first-order valence-electron chi connectivity index (χ1n) is 7.19. The standard InChI is InChI=1S/C15H21NO7S/c1-15(2,10-17)13(19)14(20)16-9-8-12(18)23-24(21,22)11-6-4-3-5-7-11/h3-7,13,17,19H,8-10H2,1-2H3,(H,16,20)/t13-/m0/s1. The summed E-state index contributed by atoms with van der Waals surface area (Å²) in [5.41, 5.74) is -1.04. The van der Waals surface area contributed by atoms with Crippen molar-refractivity contribution in [2.75, 3.05) is 13.2 Å². The molecule has 1 aromatic carbocycles. The maximum absolute atomic E-state index is 11.8. The maximum atomic E-state index is 11.8. The molecule has 8 nitrogen and oxygen atoms in total. The number of carbonyl (C=O) groups is 2. The summed E-state index contributed by atoms with van der Waals surface area (Å²) in [6.07, 6.45) is -1.85. The van der Waals surface area contributed by atoms with Crippen LogP contribution in [0, 0.1) is 5.41 Å². The molecular weight excluding hydrogens is 338 g/mol. The van der Waals surface area contributed by atoms with Gasteiger partial charge in [0.2, 0.25) is 5.91 Å². The van der Waals surface area contributed by atoms with Gasteiger partial charge in [-0.05, 0) is 12.1 Å². The SMILES string of the molecule is CC(C)(CO)[C@@H](O)C(=O)NCCC(=O)OS(=O)(=O)c1ccccc1. The van der Waals surface area contributed by atoms with Crippen molar-refractivity contribution in [3.8, 4) is 0 Å². The molecule has 1 amide bonds. The fraction of sp³-hybridized carbons (Fsp3) is 0.467. The summed E-state index contributed by atoms with van der Waals surface area (Å²) in [4.78, 5) is 23.1. The van der Waals surface area contributed by atoms with Crippen LogP contribution in [-0.4, -0.2) is 49.8 Å². The molecule has 1 atom stereocenters. The lowest BCUT2D eigenvalue weighted by atomic mass is 9.87. The molecule has 0 fully saturated rings. The van der Waals surface area contributed by atoms with Crippen molar-refractivity contribution >= 4 is 22.0 Å². The van der Waals surface area contributed by atoms with E-state index in [1.54, 1.807) is 6.07 Å². The van der Waals surface area contributed by atoms with Gasteiger partial charge in [0, 0.05) is 12.0 Å². The summed E-state index contributed by atoms with van der Waals surface area (Å²) in [5.74, 6) is -1.80. The summed E-state index contributed by atoms with van der Waals surface area (Å²) in [6, 6.07) is 7.18. The second kappa shape index (κ2) is 8.22. The van der Waals surface area contributed by atoms with E-state index in [1.165, 1.54) is 38.1 Å². The maximum Gasteiger partial charge on any atom is 0.341 e. The first kappa shape index (κ1) is 20.1. The van der Waals surface area contributed by atoms with Crippen molar-refractivity contribution in [3.63, 3.8) is 0 Å². The molecule has 0 aliphatic rings. The summed E-state index contributed by atoms with van der Waals surface area (Å²) < 4.78 is 28.1. The lowest BCUT2D eigenvalue weighted by Gasteiger charge is -2.27. The van der Waals surface area contributed by atoms with Gasteiger partial charge >= 0.3 is 16.1 Å². The van der Waals surface area contributed by atoms with E-state index in [1.807, 2.05) is 0 Å². The Morgan fingerprint density at radius 3 is 2.38 bits per heavy atom. The van der Waals surface area contributed by atoms with Gasteiger partial charge < -0.3 is 19.7 Å². The van der Waals surface area contributed by atoms with Gasteiger partial charge in [0.25, 0.3) is 0 Å². The Labute approximate surface area is 140 Å². The van der Waals surface area contributed by atoms with Gasteiger partial charge in [0.1, 0.15) is 11.0 Å². The van der Waals surface area contributed by atoms with Crippen LogP contribution in [0.1, 0.15) is 20.3 Å². The Morgan fingerprint density at radius 1 is 1.25 bits per heavy atom. The molecule has 0 radical (unpaired) electrons. The van der Waals surface area contributed by atoms with E-state index in [9.17, 15) is 23.1 Å². The lowest BCUT2D eigenvalue weighted by Crippen LogP contribution is -2.46. The second-order valence-electron chi connectivity index (χ2n) is 5.81. The Balaban J connectivity index is 2.49. The number of hydrogen-bond donors (Lipinski definition) is 3. The molecule has 3 N–H and O–H groups in total. The zero-order chi connectivity index (χ0) is 18.4. The molecule has 1 aromatic rings. The highest BCUT2D eigenvalue weighted by Crippen LogP contribution is 2.19. The number of nitrogens with one attached hydrogen (secondary N) is 1. The molecule has 134 valence electrons. The van der Waals surface area contributed by atoms with Crippen LogP contribution in [0.4, 0.5) is 0 Å². The van der Waals surface area contributed by atoms with Crippen molar-refractivity contribution < 1.29 is 32.4 Å². The highest BCUT2D eigenvalue weighted by Gasteiger charge is 2.32. The smallest absolute Gasteiger partial charge is 0.341 e. The fourth-order valence-corrected chi connectivity index (χ4v) is 2.54. The van der Waals surface area contributed by atoms with E-state index in [4.69, 9.17) is 5.11 Å². The van der Waals surface area contributed by atoms with Crippen LogP contribution in [0.2, 0.25) is 0 Å². The average molecular weight is 359 g/mol. The minimum atomic E-state index is -4.20. The number of aliphatic hydroxyl groups is 2. The second-order valence-corrected chi connectivity index (χ2v) is 7.36. The minimum absolute atomic E-state index is 0.150. The first-order valence-corrected chi connectivity index (χ1v) is 8.60. The fourth-order valence-electron chi connectivity index (χ4n) is 1.63. The molecule has 0 saturated carbocycles. The Hall–Kier alpha value is -1.97. The zero-order valence-electron chi connectivity index (χ0n) is 13.4. The molecule has 0 aliphatic carbocycles. The number of amides is 1. The molecule has 0 heterocycles. The molecule has 9 heteroatoms. The third-order valence-corrected chi connectivity index (χ3v) is 4.51. The van der Waals surface area contributed by atoms with Gasteiger partial charge in [-0.1, -0.05) is 32.0 Å². The van der Waals surface area contributed by atoms with Gasteiger partial charge in [-0.25, -0.2) is 0 Å². The van der Waals surface area contributed by atoms with Gasteiger partial charge in [-0.15, -0.1) is 0 Å². The van der Waals surface area contributed by atoms with E-state index >= 15 is 0 Å². The topological polar surface area (TPSA) is 130 Å². The van der Waals surface area contributed by atoms with Crippen LogP contribution in [0.15, 0.2) is 35.2 Å². The molecule has 0 unspecified atom stereocenters. The van der Waals surface area contributed by atoms with Gasteiger partial charge in [0.15, 0.2) is 0 Å². The number of hydrogen-bond acceptors (Lipinski definition) is 7. The average Bonchev–Trinajstić information content (AvgIpc) is 2.54. The number of carbonyl (C=O) groups excluding carboxylic acids is 2. The van der Waals surface area contributed by atoms with Gasteiger partial charge in [-0.2, -0.15) is 8.42 Å². The van der Waals surface area contributed by atoms with E-state index < -0.39 is 40.1 Å². The minimum Gasteiger partial charge on any atom is -0.396 e. The van der Waals surface area contributed by atoms with Crippen LogP contribution >= 0.6 is 0 Å². The van der Waals surface area contributed by atoms with Crippen molar-refractivity contribution in [3.05, 3.63) is 30.3 Å². The van der Waals surface area contributed by atoms with Crippen molar-refractivity contribution in [2.45, 2.75) is 31.3 Å². The largest absolute Gasteiger partial charge is 0.396 e. The van der Waals surface area contributed by atoms with Crippen LogP contribution in [-0.2, 0) is 23.9 Å². The lowest BCUT2D eigenvalue weighted by molar-refractivity contribution is -0.137. The number of benzene rings is 1. The molecule has 0 spiro atoms. The normalized spacial score (nSPS) is 13.2. The third-order valence-electron chi connectivity index (χ3n) is 3.26. The molecule has 0 aromatic heterocycles. The first-order chi connectivity index (χ1) is 11.1. The molecule has 1 rings (SSSR count). The molecule has 0 saturated heterocycles. The highest BCUT2D eigenvalue weighted by atomic mass is 32.2. The summed E-state index contributed by atoms with van der Waals surface area (Å²) in [7, 11) is -4.20. The highest BCUT2D eigenvalue weighted by molar-refractivity contribution is 7.87. The number of rotatable bonds is 8. The predicted molar refractivity (Wildman–Crippen MR) is 84.2 cm³/mol. The summed E-state index contributed by atoms with van der Waals surface area (Å²) in [6.45, 7) is 2.38. The van der Waals surface area contributed by atoms with E-state index in [2.05, 4.69) is 9.50 Å². The monoisotopic (exact) mass is 359 g/mol. The Morgan fingerprint density at radius 2 is 1.83 bits per heavy atom. The molecular formula is C15H21NO7S. The van der Waals surface area contributed by atoms with E-state index in [0.717, 1.165) is 0 Å². The Bertz CT molecular complexity index is 670. The zero-order valence-corrected chi connectivity index (χ0v) is 14.2. The van der Waals surface area contributed by atoms with Crippen molar-refractivity contribution in [2.24, 2.45) is 5.41 Å². The van der Waals surface area contributed by atoms with Crippen molar-refractivity contribution in [1.29, 1.82) is 0 Å². The molecule has 0 bridgehead atoms. The van der Waals surface area contributed by atoms with Gasteiger partial charge in [0.05, 0.1) is 13.0 Å². The van der Waals surface area contributed by atoms with Crippen LogP contribution in [0.25, 0.3) is 0 Å². The molecule has 0 aliphatic heterocycles. The van der Waals surface area contributed by atoms with E-state index in [0.29, 0.717) is 0 Å². The summed E-state index contributed by atoms with van der Waals surface area (Å²) in [5, 5.41) is 21.1. The predicted octanol–water partition coefficient (Wildman–Crippen LogP) is -0.196. The van der Waals surface area contributed by atoms with Crippen LogP contribution in [0.5, 0.6) is 0 Å². The third kappa shape index (κ3) is 5.59. The molecule has 24 heavy (non-hydrogen) atoms. The summed E-state index contributed by atoms with van der Waals surface area (Å²) >= 11 is 0. The Kier molecular flexibility index (Phi) is 6.88. The number of aliphatic hydroxyl groups excluding tert-OH is 2. The van der Waals surface area contributed by atoms with Crippen molar-refractivity contribution in [1.82, 2.24) is 5.32 Å². The van der Waals surface area contributed by atoms with Gasteiger partial charge in [-0.3, -0.25) is 9.59 Å². The van der Waals surface area contributed by atoms with E-state index in [-0.39, 0.29) is 17.9 Å². The quantitative estimate of drug-likeness (QED) is 0.548.